The maximum Gasteiger partial charge on any atom is 0.228 e. The van der Waals surface area contributed by atoms with E-state index in [-0.39, 0.29) is 12.0 Å². The Morgan fingerprint density at radius 3 is 2.69 bits per heavy atom. The number of carbonyl (C=O) groups excluding carboxylic acids is 1. The number of rotatable bonds is 4. The summed E-state index contributed by atoms with van der Waals surface area (Å²) >= 11 is 0. The van der Waals surface area contributed by atoms with E-state index in [1.54, 1.807) is 0 Å². The summed E-state index contributed by atoms with van der Waals surface area (Å²) in [7, 11) is 0. The van der Waals surface area contributed by atoms with Crippen LogP contribution in [0.4, 0.5) is 11.4 Å². The van der Waals surface area contributed by atoms with Gasteiger partial charge in [0, 0.05) is 30.2 Å². The maximum atomic E-state index is 12.6. The number of H-pyrrole nitrogens is 1. The van der Waals surface area contributed by atoms with Gasteiger partial charge in [-0.2, -0.15) is 0 Å². The van der Waals surface area contributed by atoms with Gasteiger partial charge in [-0.25, -0.2) is 0 Å². The number of hydrogen-bond acceptors (Lipinski definition) is 3. The first-order valence-corrected chi connectivity index (χ1v) is 9.07. The third-order valence-corrected chi connectivity index (χ3v) is 5.01. The average Bonchev–Trinajstić information content (AvgIpc) is 3.06. The molecule has 4 rings (SSSR count). The molecule has 3 aromatic rings. The molecule has 1 aliphatic heterocycles. The Kier molecular flexibility index (Phi) is 4.63. The normalized spacial score (nSPS) is 15.3. The Bertz CT molecular complexity index is 910. The van der Waals surface area contributed by atoms with Crippen LogP contribution in [-0.2, 0) is 11.2 Å². The fraction of sp³-hybridized carbons (Fsp3) is 0.286. The molecular weight excluding hydrogens is 326 g/mol. The Balaban J connectivity index is 1.49. The van der Waals surface area contributed by atoms with Crippen LogP contribution in [0.25, 0.3) is 10.9 Å². The molecule has 0 spiro atoms. The standard InChI is InChI=1S/C21H23N3O2/c25-16-9-11-24(12-10-16)20-8-4-3-7-19(20)23-21(26)13-15-14-22-18-6-2-1-5-17(15)18/h1-8,14,16,22,25H,9-13H2,(H,23,26). The van der Waals surface area contributed by atoms with Crippen molar-refractivity contribution >= 4 is 28.2 Å². The van der Waals surface area contributed by atoms with E-state index in [0.717, 1.165) is 53.8 Å². The average molecular weight is 349 g/mol. The molecule has 0 saturated carbocycles. The van der Waals surface area contributed by atoms with Crippen molar-refractivity contribution in [2.45, 2.75) is 25.4 Å². The molecule has 1 aromatic heterocycles. The van der Waals surface area contributed by atoms with E-state index in [9.17, 15) is 9.90 Å². The second kappa shape index (κ2) is 7.22. The number of aliphatic hydroxyl groups is 1. The Labute approximate surface area is 152 Å². The molecule has 1 saturated heterocycles. The number of aliphatic hydroxyl groups excluding tert-OH is 1. The molecule has 2 aromatic carbocycles. The van der Waals surface area contributed by atoms with E-state index >= 15 is 0 Å². The molecule has 3 N–H and O–H groups in total. The number of fused-ring (bicyclic) bond motifs is 1. The Hall–Kier alpha value is -2.79. The van der Waals surface area contributed by atoms with Gasteiger partial charge in [0.2, 0.25) is 5.91 Å². The number of hydrogen-bond donors (Lipinski definition) is 3. The van der Waals surface area contributed by atoms with Crippen LogP contribution in [0.15, 0.2) is 54.7 Å². The van der Waals surface area contributed by atoms with Gasteiger partial charge in [-0.3, -0.25) is 4.79 Å². The van der Waals surface area contributed by atoms with Crippen LogP contribution in [0.5, 0.6) is 0 Å². The molecular formula is C21H23N3O2. The molecule has 0 radical (unpaired) electrons. The predicted molar refractivity (Wildman–Crippen MR) is 105 cm³/mol. The zero-order valence-corrected chi connectivity index (χ0v) is 14.6. The van der Waals surface area contributed by atoms with Crippen molar-refractivity contribution in [2.24, 2.45) is 0 Å². The van der Waals surface area contributed by atoms with Crippen molar-refractivity contribution in [2.75, 3.05) is 23.3 Å². The molecule has 2 heterocycles. The van der Waals surface area contributed by atoms with Crippen LogP contribution >= 0.6 is 0 Å². The second-order valence-electron chi connectivity index (χ2n) is 6.82. The van der Waals surface area contributed by atoms with Crippen molar-refractivity contribution in [3.8, 4) is 0 Å². The van der Waals surface area contributed by atoms with Crippen molar-refractivity contribution < 1.29 is 9.90 Å². The maximum absolute atomic E-state index is 12.6. The molecule has 26 heavy (non-hydrogen) atoms. The van der Waals surface area contributed by atoms with Gasteiger partial charge in [0.25, 0.3) is 0 Å². The number of carbonyl (C=O) groups is 1. The number of aromatic amines is 1. The number of amides is 1. The largest absolute Gasteiger partial charge is 0.393 e. The number of anilines is 2. The fourth-order valence-electron chi connectivity index (χ4n) is 3.61. The van der Waals surface area contributed by atoms with Crippen LogP contribution in [0, 0.1) is 0 Å². The van der Waals surface area contributed by atoms with Gasteiger partial charge in [0.05, 0.1) is 23.9 Å². The summed E-state index contributed by atoms with van der Waals surface area (Å²) in [6.45, 7) is 1.60. The SMILES string of the molecule is O=C(Cc1c[nH]c2ccccc12)Nc1ccccc1N1CCC(O)CC1. The van der Waals surface area contributed by atoms with Gasteiger partial charge in [0.15, 0.2) is 0 Å². The first kappa shape index (κ1) is 16.7. The first-order valence-electron chi connectivity index (χ1n) is 9.07. The van der Waals surface area contributed by atoms with Crippen molar-refractivity contribution in [3.63, 3.8) is 0 Å². The number of benzene rings is 2. The van der Waals surface area contributed by atoms with Gasteiger partial charge < -0.3 is 20.3 Å². The molecule has 0 atom stereocenters. The lowest BCUT2D eigenvalue weighted by Gasteiger charge is -2.32. The number of para-hydroxylation sites is 3. The summed E-state index contributed by atoms with van der Waals surface area (Å²) in [6.07, 6.45) is 3.55. The molecule has 0 bridgehead atoms. The van der Waals surface area contributed by atoms with E-state index < -0.39 is 0 Å². The minimum absolute atomic E-state index is 0.0285. The van der Waals surface area contributed by atoms with Crippen LogP contribution < -0.4 is 10.2 Å². The summed E-state index contributed by atoms with van der Waals surface area (Å²) in [6, 6.07) is 15.9. The van der Waals surface area contributed by atoms with Crippen LogP contribution in [0.1, 0.15) is 18.4 Å². The molecule has 5 heteroatoms. The first-order chi connectivity index (χ1) is 12.7. The lowest BCUT2D eigenvalue weighted by atomic mass is 10.1. The quantitative estimate of drug-likeness (QED) is 0.677. The van der Waals surface area contributed by atoms with Crippen molar-refractivity contribution in [1.29, 1.82) is 0 Å². The van der Waals surface area contributed by atoms with E-state index in [2.05, 4.69) is 15.2 Å². The van der Waals surface area contributed by atoms with Gasteiger partial charge in [-0.15, -0.1) is 0 Å². The van der Waals surface area contributed by atoms with Crippen LogP contribution in [-0.4, -0.2) is 35.2 Å². The smallest absolute Gasteiger partial charge is 0.228 e. The molecule has 1 amide bonds. The summed E-state index contributed by atoms with van der Waals surface area (Å²) in [5.41, 5.74) is 3.89. The van der Waals surface area contributed by atoms with Gasteiger partial charge in [-0.1, -0.05) is 30.3 Å². The minimum atomic E-state index is -0.213. The topological polar surface area (TPSA) is 68.4 Å². The Morgan fingerprint density at radius 1 is 1.12 bits per heavy atom. The lowest BCUT2D eigenvalue weighted by Crippen LogP contribution is -2.36. The second-order valence-corrected chi connectivity index (χ2v) is 6.82. The third kappa shape index (κ3) is 3.44. The molecule has 5 nitrogen and oxygen atoms in total. The highest BCUT2D eigenvalue weighted by molar-refractivity contribution is 5.98. The summed E-state index contributed by atoms with van der Waals surface area (Å²) in [5, 5.41) is 13.9. The van der Waals surface area contributed by atoms with Crippen LogP contribution in [0.2, 0.25) is 0 Å². The number of nitrogens with one attached hydrogen (secondary N) is 2. The van der Waals surface area contributed by atoms with E-state index in [1.807, 2.05) is 54.7 Å². The van der Waals surface area contributed by atoms with Crippen molar-refractivity contribution in [1.82, 2.24) is 4.98 Å². The highest BCUT2D eigenvalue weighted by atomic mass is 16.3. The van der Waals surface area contributed by atoms with E-state index in [0.29, 0.717) is 6.42 Å². The zero-order chi connectivity index (χ0) is 17.9. The lowest BCUT2D eigenvalue weighted by molar-refractivity contribution is -0.115. The summed E-state index contributed by atoms with van der Waals surface area (Å²) in [4.78, 5) is 18.1. The molecule has 1 fully saturated rings. The predicted octanol–water partition coefficient (Wildman–Crippen LogP) is 3.31. The minimum Gasteiger partial charge on any atom is -0.393 e. The van der Waals surface area contributed by atoms with Crippen LogP contribution in [0.3, 0.4) is 0 Å². The Morgan fingerprint density at radius 2 is 1.85 bits per heavy atom. The zero-order valence-electron chi connectivity index (χ0n) is 14.6. The number of piperidine rings is 1. The molecule has 0 unspecified atom stereocenters. The monoisotopic (exact) mass is 349 g/mol. The van der Waals surface area contributed by atoms with Gasteiger partial charge in [-0.05, 0) is 36.6 Å². The number of aromatic nitrogens is 1. The fourth-order valence-corrected chi connectivity index (χ4v) is 3.61. The third-order valence-electron chi connectivity index (χ3n) is 5.01. The van der Waals surface area contributed by atoms with E-state index in [1.165, 1.54) is 0 Å². The summed E-state index contributed by atoms with van der Waals surface area (Å²) in [5.74, 6) is -0.0285. The highest BCUT2D eigenvalue weighted by Crippen LogP contribution is 2.28. The number of nitrogens with zero attached hydrogens (tertiary/aromatic N) is 1. The van der Waals surface area contributed by atoms with Crippen molar-refractivity contribution in [3.05, 3.63) is 60.3 Å². The molecule has 0 aliphatic carbocycles. The van der Waals surface area contributed by atoms with E-state index in [4.69, 9.17) is 0 Å². The highest BCUT2D eigenvalue weighted by Gasteiger charge is 2.20. The molecule has 1 aliphatic rings. The molecule has 134 valence electrons. The van der Waals surface area contributed by atoms with Gasteiger partial charge in [0.1, 0.15) is 0 Å². The van der Waals surface area contributed by atoms with Gasteiger partial charge >= 0.3 is 0 Å². The summed E-state index contributed by atoms with van der Waals surface area (Å²) < 4.78 is 0.